The Morgan fingerprint density at radius 2 is 2.05 bits per heavy atom. The zero-order chi connectivity index (χ0) is 15.6. The van der Waals surface area contributed by atoms with Crippen LogP contribution >= 0.6 is 0 Å². The lowest BCUT2D eigenvalue weighted by Crippen LogP contribution is -2.37. The van der Waals surface area contributed by atoms with Crippen molar-refractivity contribution in [3.05, 3.63) is 23.8 Å². The molecule has 0 bridgehead atoms. The number of ether oxygens (including phenoxy) is 1. The monoisotopic (exact) mass is 302 g/mol. The first-order valence-electron chi connectivity index (χ1n) is 8.41. The molecule has 4 heteroatoms. The van der Waals surface area contributed by atoms with Crippen LogP contribution in [0.3, 0.4) is 0 Å². The Bertz CT molecular complexity index is 546. The molecule has 0 unspecified atom stereocenters. The first kappa shape index (κ1) is 15.3. The Balaban J connectivity index is 1.60. The Morgan fingerprint density at radius 1 is 1.32 bits per heavy atom. The van der Waals surface area contributed by atoms with Crippen molar-refractivity contribution in [3.63, 3.8) is 0 Å². The Morgan fingerprint density at radius 3 is 2.73 bits per heavy atom. The van der Waals surface area contributed by atoms with Crippen LogP contribution < -0.4 is 15.8 Å². The van der Waals surface area contributed by atoms with Crippen LogP contribution in [0.1, 0.15) is 50.5 Å². The number of amides is 1. The molecule has 0 saturated heterocycles. The number of nitrogens with two attached hydrogens (primary N) is 1. The van der Waals surface area contributed by atoms with Crippen LogP contribution in [0, 0.1) is 12.8 Å². The van der Waals surface area contributed by atoms with E-state index in [0.29, 0.717) is 5.92 Å². The topological polar surface area (TPSA) is 64.4 Å². The fraction of sp³-hybridized carbons (Fsp3) is 0.611. The van der Waals surface area contributed by atoms with Gasteiger partial charge in [-0.25, -0.2) is 0 Å². The van der Waals surface area contributed by atoms with Gasteiger partial charge >= 0.3 is 0 Å². The third kappa shape index (κ3) is 3.61. The van der Waals surface area contributed by atoms with Crippen molar-refractivity contribution < 1.29 is 9.53 Å². The lowest BCUT2D eigenvalue weighted by molar-refractivity contribution is -0.118. The number of nitrogens with one attached hydrogen (secondary N) is 1. The van der Waals surface area contributed by atoms with Gasteiger partial charge in [0.1, 0.15) is 5.75 Å². The van der Waals surface area contributed by atoms with E-state index in [0.717, 1.165) is 36.4 Å². The molecule has 0 heterocycles. The van der Waals surface area contributed by atoms with E-state index in [1.807, 2.05) is 25.1 Å². The lowest BCUT2D eigenvalue weighted by atomic mass is 9.90. The molecule has 22 heavy (non-hydrogen) atoms. The molecule has 0 aliphatic heterocycles. The third-order valence-corrected chi connectivity index (χ3v) is 4.89. The summed E-state index contributed by atoms with van der Waals surface area (Å²) >= 11 is 0. The summed E-state index contributed by atoms with van der Waals surface area (Å²) in [5.74, 6) is 1.45. The summed E-state index contributed by atoms with van der Waals surface area (Å²) in [5, 5.41) is 2.91. The van der Waals surface area contributed by atoms with Gasteiger partial charge in [0.2, 0.25) is 5.91 Å². The first-order valence-corrected chi connectivity index (χ1v) is 8.41. The van der Waals surface area contributed by atoms with Gasteiger partial charge in [0.05, 0.1) is 12.1 Å². The highest BCUT2D eigenvalue weighted by atomic mass is 16.5. The van der Waals surface area contributed by atoms with Crippen molar-refractivity contribution in [2.45, 2.75) is 57.4 Å². The van der Waals surface area contributed by atoms with Crippen molar-refractivity contribution in [3.8, 4) is 5.75 Å². The summed E-state index contributed by atoms with van der Waals surface area (Å²) in [5.41, 5.74) is 7.14. The average Bonchev–Trinajstić information content (AvgIpc) is 3.28. The van der Waals surface area contributed by atoms with Crippen LogP contribution in [-0.4, -0.2) is 18.1 Å². The summed E-state index contributed by atoms with van der Waals surface area (Å²) in [6.07, 6.45) is 8.09. The highest BCUT2D eigenvalue weighted by molar-refractivity contribution is 6.00. The average molecular weight is 302 g/mol. The zero-order valence-corrected chi connectivity index (χ0v) is 13.4. The van der Waals surface area contributed by atoms with Gasteiger partial charge < -0.3 is 15.8 Å². The smallest absolute Gasteiger partial charge is 0.244 e. The standard InChI is InChI=1S/C18H26N2O2/c1-13-7-8-15(20-17(21)18(19)9-10-18)11-16(13)22-12-14-5-3-2-4-6-14/h7-8,11,14H,2-6,9-10,12,19H2,1H3,(H,20,21). The number of rotatable bonds is 5. The maximum atomic E-state index is 12.0. The SMILES string of the molecule is Cc1ccc(NC(=O)C2(N)CC2)cc1OCC1CCCCC1. The summed E-state index contributed by atoms with van der Waals surface area (Å²) in [6, 6.07) is 5.82. The molecule has 0 spiro atoms. The van der Waals surface area contributed by atoms with Crippen molar-refractivity contribution in [2.24, 2.45) is 11.7 Å². The fourth-order valence-electron chi connectivity index (χ4n) is 3.01. The number of aryl methyl sites for hydroxylation is 1. The van der Waals surface area contributed by atoms with Crippen LogP contribution in [-0.2, 0) is 4.79 Å². The molecule has 2 fully saturated rings. The van der Waals surface area contributed by atoms with E-state index in [9.17, 15) is 4.79 Å². The molecule has 3 N–H and O–H groups in total. The van der Waals surface area contributed by atoms with Crippen LogP contribution in [0.5, 0.6) is 5.75 Å². The van der Waals surface area contributed by atoms with Gasteiger partial charge in [-0.15, -0.1) is 0 Å². The van der Waals surface area contributed by atoms with Gasteiger partial charge in [-0.3, -0.25) is 4.79 Å². The summed E-state index contributed by atoms with van der Waals surface area (Å²) in [6.45, 7) is 2.81. The van der Waals surface area contributed by atoms with Gasteiger partial charge in [-0.2, -0.15) is 0 Å². The molecule has 2 aliphatic carbocycles. The Labute approximate surface area is 132 Å². The molecule has 1 aromatic carbocycles. The van der Waals surface area contributed by atoms with Gasteiger partial charge in [0, 0.05) is 11.8 Å². The molecule has 1 aromatic rings. The molecule has 2 saturated carbocycles. The van der Waals surface area contributed by atoms with Crippen LogP contribution in [0.2, 0.25) is 0 Å². The van der Waals surface area contributed by atoms with E-state index in [4.69, 9.17) is 10.5 Å². The molecule has 3 rings (SSSR count). The van der Waals surface area contributed by atoms with Crippen LogP contribution in [0.4, 0.5) is 5.69 Å². The largest absolute Gasteiger partial charge is 0.493 e. The lowest BCUT2D eigenvalue weighted by Gasteiger charge is -2.22. The van der Waals surface area contributed by atoms with E-state index in [1.54, 1.807) is 0 Å². The Hall–Kier alpha value is -1.55. The molecular formula is C18H26N2O2. The molecule has 120 valence electrons. The van der Waals surface area contributed by atoms with Gasteiger partial charge in [0.25, 0.3) is 0 Å². The van der Waals surface area contributed by atoms with Crippen molar-refractivity contribution in [1.29, 1.82) is 0 Å². The van der Waals surface area contributed by atoms with E-state index in [2.05, 4.69) is 5.32 Å². The fourth-order valence-corrected chi connectivity index (χ4v) is 3.01. The number of hydrogen-bond donors (Lipinski definition) is 2. The predicted octanol–water partition coefficient (Wildman–Crippen LogP) is 3.38. The molecule has 1 amide bonds. The molecule has 2 aliphatic rings. The second-order valence-corrected chi connectivity index (χ2v) is 6.91. The quantitative estimate of drug-likeness (QED) is 0.876. The molecule has 0 radical (unpaired) electrons. The van der Waals surface area contributed by atoms with E-state index in [1.165, 1.54) is 32.1 Å². The number of carbonyl (C=O) groups is 1. The van der Waals surface area contributed by atoms with Crippen molar-refractivity contribution in [2.75, 3.05) is 11.9 Å². The second-order valence-electron chi connectivity index (χ2n) is 6.91. The highest BCUT2D eigenvalue weighted by Crippen LogP contribution is 2.34. The zero-order valence-electron chi connectivity index (χ0n) is 13.4. The van der Waals surface area contributed by atoms with Gasteiger partial charge in [-0.05, 0) is 50.2 Å². The van der Waals surface area contributed by atoms with Crippen molar-refractivity contribution >= 4 is 11.6 Å². The van der Waals surface area contributed by atoms with E-state index >= 15 is 0 Å². The van der Waals surface area contributed by atoms with Crippen LogP contribution in [0.15, 0.2) is 18.2 Å². The molecule has 0 aromatic heterocycles. The third-order valence-electron chi connectivity index (χ3n) is 4.89. The minimum absolute atomic E-state index is 0.0883. The normalized spacial score (nSPS) is 20.5. The molecular weight excluding hydrogens is 276 g/mol. The van der Waals surface area contributed by atoms with Crippen molar-refractivity contribution in [1.82, 2.24) is 0 Å². The minimum Gasteiger partial charge on any atom is -0.493 e. The maximum absolute atomic E-state index is 12.0. The molecule has 4 nitrogen and oxygen atoms in total. The minimum atomic E-state index is -0.645. The van der Waals surface area contributed by atoms with Gasteiger partial charge in [0.15, 0.2) is 0 Å². The maximum Gasteiger partial charge on any atom is 0.244 e. The number of carbonyl (C=O) groups excluding carboxylic acids is 1. The van der Waals surface area contributed by atoms with E-state index < -0.39 is 5.54 Å². The summed E-state index contributed by atoms with van der Waals surface area (Å²) in [4.78, 5) is 12.0. The van der Waals surface area contributed by atoms with E-state index in [-0.39, 0.29) is 5.91 Å². The number of hydrogen-bond acceptors (Lipinski definition) is 3. The van der Waals surface area contributed by atoms with Gasteiger partial charge in [-0.1, -0.05) is 25.3 Å². The molecule has 0 atom stereocenters. The Kier molecular flexibility index (Phi) is 4.39. The summed E-state index contributed by atoms with van der Waals surface area (Å²) in [7, 11) is 0. The van der Waals surface area contributed by atoms with Crippen LogP contribution in [0.25, 0.3) is 0 Å². The number of anilines is 1. The number of benzene rings is 1. The second kappa shape index (κ2) is 6.29. The predicted molar refractivity (Wildman–Crippen MR) is 88.0 cm³/mol. The first-order chi connectivity index (χ1) is 10.6. The summed E-state index contributed by atoms with van der Waals surface area (Å²) < 4.78 is 6.02. The highest BCUT2D eigenvalue weighted by Gasteiger charge is 2.45.